The first-order valence-corrected chi connectivity index (χ1v) is 4.98. The Morgan fingerprint density at radius 3 is 2.59 bits per heavy atom. The monoisotopic (exact) mass is 244 g/mol. The van der Waals surface area contributed by atoms with Gasteiger partial charge in [-0.1, -0.05) is 0 Å². The highest BCUT2D eigenvalue weighted by atomic mass is 16.5. The van der Waals surface area contributed by atoms with E-state index in [4.69, 9.17) is 4.74 Å². The van der Waals surface area contributed by atoms with Gasteiger partial charge in [-0.05, 0) is 0 Å². The Morgan fingerprint density at radius 1 is 1.24 bits per heavy atom. The Morgan fingerprint density at radius 2 is 1.94 bits per heavy atom. The van der Waals surface area contributed by atoms with E-state index in [0.717, 1.165) is 6.20 Å². The lowest BCUT2D eigenvalue weighted by Gasteiger charge is -2.34. The quantitative estimate of drug-likeness (QED) is 0.362. The van der Waals surface area contributed by atoms with Gasteiger partial charge in [0.2, 0.25) is 0 Å². The number of rotatable bonds is 1. The molecule has 0 aliphatic carbocycles. The standard InChI is InChI=1S/C9H12N2O6/c12-4-2-17-7(6(14)5(4)13)3-1-10-9(16)11-8(3)15/h1,4-7,12-14H,2H2,(H2,10,11,15,16)/t4-,5-,6-,7-/m1/s1. The topological polar surface area (TPSA) is 136 Å². The minimum Gasteiger partial charge on any atom is -0.388 e. The molecule has 17 heavy (non-hydrogen) atoms. The maximum absolute atomic E-state index is 11.5. The Labute approximate surface area is 94.5 Å². The van der Waals surface area contributed by atoms with Gasteiger partial charge in [-0.2, -0.15) is 0 Å². The average molecular weight is 244 g/mol. The van der Waals surface area contributed by atoms with Crippen LogP contribution in [0.2, 0.25) is 0 Å². The van der Waals surface area contributed by atoms with Gasteiger partial charge in [0.1, 0.15) is 24.4 Å². The van der Waals surface area contributed by atoms with Crippen LogP contribution in [-0.4, -0.2) is 50.2 Å². The van der Waals surface area contributed by atoms with Gasteiger partial charge in [0.05, 0.1) is 12.2 Å². The molecule has 5 N–H and O–H groups in total. The predicted molar refractivity (Wildman–Crippen MR) is 54.4 cm³/mol. The second-order valence-corrected chi connectivity index (χ2v) is 3.83. The fraction of sp³-hybridized carbons (Fsp3) is 0.556. The van der Waals surface area contributed by atoms with Crippen molar-refractivity contribution in [3.8, 4) is 0 Å². The molecule has 1 saturated heterocycles. The number of nitrogens with one attached hydrogen (secondary N) is 2. The maximum Gasteiger partial charge on any atom is 0.325 e. The van der Waals surface area contributed by atoms with Crippen LogP contribution in [0.4, 0.5) is 0 Å². The summed E-state index contributed by atoms with van der Waals surface area (Å²) >= 11 is 0. The van der Waals surface area contributed by atoms with Gasteiger partial charge in [-0.15, -0.1) is 0 Å². The molecule has 2 rings (SSSR count). The molecule has 0 unspecified atom stereocenters. The van der Waals surface area contributed by atoms with Crippen LogP contribution in [-0.2, 0) is 4.74 Å². The van der Waals surface area contributed by atoms with Gasteiger partial charge in [0.15, 0.2) is 0 Å². The number of aromatic nitrogens is 2. The molecule has 0 amide bonds. The van der Waals surface area contributed by atoms with Crippen molar-refractivity contribution in [3.63, 3.8) is 0 Å². The van der Waals surface area contributed by atoms with Crippen molar-refractivity contribution in [1.82, 2.24) is 9.97 Å². The van der Waals surface area contributed by atoms with E-state index in [2.05, 4.69) is 4.98 Å². The van der Waals surface area contributed by atoms with Crippen LogP contribution in [0.3, 0.4) is 0 Å². The van der Waals surface area contributed by atoms with Crippen molar-refractivity contribution in [2.75, 3.05) is 6.61 Å². The predicted octanol–water partition coefficient (Wildman–Crippen LogP) is -2.78. The van der Waals surface area contributed by atoms with Crippen LogP contribution >= 0.6 is 0 Å². The Bertz CT molecular complexity index is 509. The van der Waals surface area contributed by atoms with Crippen molar-refractivity contribution in [2.24, 2.45) is 0 Å². The minimum atomic E-state index is -1.44. The Hall–Kier alpha value is -1.48. The number of aliphatic hydroxyl groups excluding tert-OH is 3. The summed E-state index contributed by atoms with van der Waals surface area (Å²) in [5.74, 6) is 0. The van der Waals surface area contributed by atoms with E-state index < -0.39 is 35.7 Å². The number of aromatic amines is 2. The SMILES string of the molecule is O=c1[nH]cc([C@H]2OC[C@@H](O)[C@@H](O)[C@H]2O)c(=O)[nH]1. The summed E-state index contributed by atoms with van der Waals surface area (Å²) in [5, 5.41) is 28.4. The van der Waals surface area contributed by atoms with Crippen molar-refractivity contribution in [2.45, 2.75) is 24.4 Å². The van der Waals surface area contributed by atoms with Crippen LogP contribution in [0.1, 0.15) is 11.7 Å². The zero-order chi connectivity index (χ0) is 12.6. The van der Waals surface area contributed by atoms with Crippen molar-refractivity contribution >= 4 is 0 Å². The van der Waals surface area contributed by atoms with Gasteiger partial charge in [-0.25, -0.2) is 4.79 Å². The summed E-state index contributed by atoms with van der Waals surface area (Å²) in [6, 6.07) is 0. The van der Waals surface area contributed by atoms with E-state index in [9.17, 15) is 24.9 Å². The summed E-state index contributed by atoms with van der Waals surface area (Å²) in [6.07, 6.45) is -4.03. The molecule has 4 atom stereocenters. The number of hydrogen-bond donors (Lipinski definition) is 5. The molecule has 94 valence electrons. The van der Waals surface area contributed by atoms with Crippen LogP contribution < -0.4 is 11.2 Å². The highest BCUT2D eigenvalue weighted by Gasteiger charge is 2.39. The molecule has 1 fully saturated rings. The molecular weight excluding hydrogens is 232 g/mol. The van der Waals surface area contributed by atoms with E-state index >= 15 is 0 Å². The first-order valence-electron chi connectivity index (χ1n) is 4.98. The molecule has 1 aromatic rings. The van der Waals surface area contributed by atoms with Gasteiger partial charge in [0.25, 0.3) is 5.56 Å². The zero-order valence-corrected chi connectivity index (χ0v) is 8.66. The van der Waals surface area contributed by atoms with E-state index in [1.54, 1.807) is 0 Å². The molecule has 8 heteroatoms. The second-order valence-electron chi connectivity index (χ2n) is 3.83. The Kier molecular flexibility index (Phi) is 3.11. The van der Waals surface area contributed by atoms with E-state index in [1.807, 2.05) is 4.98 Å². The van der Waals surface area contributed by atoms with E-state index in [0.29, 0.717) is 0 Å². The maximum atomic E-state index is 11.5. The zero-order valence-electron chi connectivity index (χ0n) is 8.66. The van der Waals surface area contributed by atoms with E-state index in [-0.39, 0.29) is 12.2 Å². The minimum absolute atomic E-state index is 0.0111. The molecule has 2 heterocycles. The third-order valence-corrected chi connectivity index (χ3v) is 2.66. The van der Waals surface area contributed by atoms with Crippen LogP contribution in [0.15, 0.2) is 15.8 Å². The van der Waals surface area contributed by atoms with Crippen molar-refractivity contribution in [1.29, 1.82) is 0 Å². The van der Waals surface area contributed by atoms with Crippen LogP contribution in [0, 0.1) is 0 Å². The summed E-state index contributed by atoms with van der Waals surface area (Å²) in [7, 11) is 0. The Balaban J connectivity index is 2.34. The number of ether oxygens (including phenoxy) is 1. The fourth-order valence-electron chi connectivity index (χ4n) is 1.71. The van der Waals surface area contributed by atoms with E-state index in [1.165, 1.54) is 0 Å². The number of H-pyrrole nitrogens is 2. The average Bonchev–Trinajstić information content (AvgIpc) is 2.28. The summed E-state index contributed by atoms with van der Waals surface area (Å²) in [6.45, 7) is -0.207. The summed E-state index contributed by atoms with van der Waals surface area (Å²) in [5.41, 5.74) is -1.39. The van der Waals surface area contributed by atoms with Crippen molar-refractivity contribution < 1.29 is 20.1 Å². The summed E-state index contributed by atoms with van der Waals surface area (Å²) in [4.78, 5) is 26.5. The highest BCUT2D eigenvalue weighted by Crippen LogP contribution is 2.26. The molecule has 1 aromatic heterocycles. The first-order chi connectivity index (χ1) is 8.00. The molecule has 1 aliphatic rings. The van der Waals surface area contributed by atoms with Gasteiger partial charge in [0, 0.05) is 6.20 Å². The molecule has 0 spiro atoms. The fourth-order valence-corrected chi connectivity index (χ4v) is 1.71. The molecular formula is C9H12N2O6. The highest BCUT2D eigenvalue weighted by molar-refractivity contribution is 5.12. The van der Waals surface area contributed by atoms with Crippen molar-refractivity contribution in [3.05, 3.63) is 32.6 Å². The summed E-state index contributed by atoms with van der Waals surface area (Å²) < 4.78 is 5.08. The molecule has 0 saturated carbocycles. The largest absolute Gasteiger partial charge is 0.388 e. The third-order valence-electron chi connectivity index (χ3n) is 2.66. The number of aliphatic hydroxyl groups is 3. The van der Waals surface area contributed by atoms with Crippen LogP contribution in [0.25, 0.3) is 0 Å². The van der Waals surface area contributed by atoms with Gasteiger partial charge >= 0.3 is 5.69 Å². The smallest absolute Gasteiger partial charge is 0.325 e. The van der Waals surface area contributed by atoms with Gasteiger partial charge < -0.3 is 25.0 Å². The molecule has 8 nitrogen and oxygen atoms in total. The second kappa shape index (κ2) is 4.41. The molecule has 0 radical (unpaired) electrons. The molecule has 0 aromatic carbocycles. The number of hydrogen-bond acceptors (Lipinski definition) is 6. The lowest BCUT2D eigenvalue weighted by atomic mass is 9.96. The lowest BCUT2D eigenvalue weighted by molar-refractivity contribution is -0.189. The lowest BCUT2D eigenvalue weighted by Crippen LogP contribution is -2.50. The first kappa shape index (κ1) is 12.0. The third kappa shape index (κ3) is 2.15. The van der Waals surface area contributed by atoms with Gasteiger partial charge in [-0.3, -0.25) is 9.78 Å². The molecule has 0 bridgehead atoms. The van der Waals surface area contributed by atoms with Crippen LogP contribution in [0.5, 0.6) is 0 Å². The molecule has 1 aliphatic heterocycles. The normalized spacial score (nSPS) is 33.6.